The van der Waals surface area contributed by atoms with Gasteiger partial charge in [-0.05, 0) is 28.6 Å². The summed E-state index contributed by atoms with van der Waals surface area (Å²) < 4.78 is 21.4. The van der Waals surface area contributed by atoms with Crippen molar-refractivity contribution in [3.8, 4) is 5.95 Å². The summed E-state index contributed by atoms with van der Waals surface area (Å²) in [5.74, 6) is -0.504. The molecule has 1 aliphatic rings. The van der Waals surface area contributed by atoms with Crippen molar-refractivity contribution in [2.24, 2.45) is 0 Å². The minimum Gasteiger partial charge on any atom is -0.468 e. The second-order valence-corrected chi connectivity index (χ2v) is 11.9. The fraction of sp³-hybridized carbons (Fsp3) is 0.133. The minimum atomic E-state index is -2.88. The predicted octanol–water partition coefficient (Wildman–Crippen LogP) is 3.23. The number of carbonyl (C=O) groups is 3. The SMILES string of the molecule is COC(=O)c1coc2c1C(C=P(c1ccccc1)(c1ccccc1)c1ccccc1)(C(=O)OC)C(=O)CO2. The zero-order valence-electron chi connectivity index (χ0n) is 20.8. The van der Waals surface area contributed by atoms with Crippen LogP contribution < -0.4 is 20.7 Å². The summed E-state index contributed by atoms with van der Waals surface area (Å²) in [7, 11) is 2.43. The van der Waals surface area contributed by atoms with E-state index in [2.05, 4.69) is 0 Å². The van der Waals surface area contributed by atoms with E-state index in [0.29, 0.717) is 0 Å². The van der Waals surface area contributed by atoms with Gasteiger partial charge in [-0.15, -0.1) is 0 Å². The first-order valence-electron chi connectivity index (χ1n) is 11.9. The molecule has 1 aliphatic heterocycles. The van der Waals surface area contributed by atoms with Gasteiger partial charge in [0.1, 0.15) is 11.8 Å². The number of esters is 2. The summed E-state index contributed by atoms with van der Waals surface area (Å²) in [6.45, 7) is -3.32. The maximum Gasteiger partial charge on any atom is 0.341 e. The van der Waals surface area contributed by atoms with Gasteiger partial charge < -0.3 is 18.6 Å². The molecule has 0 spiro atoms. The van der Waals surface area contributed by atoms with Crippen molar-refractivity contribution >= 4 is 46.3 Å². The van der Waals surface area contributed by atoms with Gasteiger partial charge in [0.2, 0.25) is 0 Å². The van der Waals surface area contributed by atoms with Crippen LogP contribution in [0.5, 0.6) is 5.95 Å². The Morgan fingerprint density at radius 2 is 1.32 bits per heavy atom. The van der Waals surface area contributed by atoms with Crippen LogP contribution in [0.4, 0.5) is 0 Å². The van der Waals surface area contributed by atoms with Gasteiger partial charge >= 0.3 is 11.9 Å². The number of furan rings is 1. The zero-order valence-corrected chi connectivity index (χ0v) is 21.7. The van der Waals surface area contributed by atoms with Crippen LogP contribution in [-0.2, 0) is 24.5 Å². The minimum absolute atomic E-state index is 0.0142. The number of carbonyl (C=O) groups excluding carboxylic acids is 3. The van der Waals surface area contributed by atoms with Crippen LogP contribution in [-0.4, -0.2) is 44.3 Å². The van der Waals surface area contributed by atoms with Crippen molar-refractivity contribution in [1.82, 2.24) is 0 Å². The van der Waals surface area contributed by atoms with Crippen LogP contribution in [0.3, 0.4) is 0 Å². The quantitative estimate of drug-likeness (QED) is 0.216. The molecule has 0 N–H and O–H groups in total. The van der Waals surface area contributed by atoms with Crippen molar-refractivity contribution < 1.29 is 33.0 Å². The first-order valence-corrected chi connectivity index (χ1v) is 13.7. The van der Waals surface area contributed by atoms with E-state index in [-0.39, 0.29) is 17.1 Å². The largest absolute Gasteiger partial charge is 0.468 e. The van der Waals surface area contributed by atoms with Crippen molar-refractivity contribution in [3.63, 3.8) is 0 Å². The second kappa shape index (κ2) is 10.2. The molecular weight excluding hydrogens is 503 g/mol. The average molecular weight is 528 g/mol. The number of Topliss-reactive ketones (excluding diaryl/α,β-unsaturated/α-hetero) is 1. The molecule has 0 amide bonds. The molecule has 8 heteroatoms. The molecular formula is C30H25O7P. The van der Waals surface area contributed by atoms with Gasteiger partial charge in [-0.3, -0.25) is 9.59 Å². The lowest BCUT2D eigenvalue weighted by Gasteiger charge is -2.36. The molecule has 0 bridgehead atoms. The Balaban J connectivity index is 2.03. The number of methoxy groups -OCH3 is 2. The highest BCUT2D eigenvalue weighted by atomic mass is 31.2. The van der Waals surface area contributed by atoms with Gasteiger partial charge in [0, 0.05) is 0 Å². The Hall–Kier alpha value is -4.35. The Bertz CT molecular complexity index is 1440. The van der Waals surface area contributed by atoms with E-state index < -0.39 is 36.6 Å². The topological polar surface area (TPSA) is 92.0 Å². The molecule has 4 aromatic rings. The maximum atomic E-state index is 14.0. The average Bonchev–Trinajstić information content (AvgIpc) is 3.42. The molecule has 192 valence electrons. The smallest absolute Gasteiger partial charge is 0.341 e. The van der Waals surface area contributed by atoms with Crippen molar-refractivity contribution in [2.45, 2.75) is 5.41 Å². The molecule has 0 saturated heterocycles. The van der Waals surface area contributed by atoms with Gasteiger partial charge in [0.25, 0.3) is 5.95 Å². The van der Waals surface area contributed by atoms with Crippen LogP contribution in [0.1, 0.15) is 15.9 Å². The third-order valence-corrected chi connectivity index (χ3v) is 10.8. The highest BCUT2D eigenvalue weighted by Gasteiger charge is 2.56. The van der Waals surface area contributed by atoms with Crippen molar-refractivity contribution in [2.75, 3.05) is 20.8 Å². The number of benzene rings is 3. The summed E-state index contributed by atoms with van der Waals surface area (Å²) in [6, 6.07) is 29.1. The third kappa shape index (κ3) is 3.87. The molecule has 0 radical (unpaired) electrons. The van der Waals surface area contributed by atoms with Gasteiger partial charge in [0.15, 0.2) is 17.8 Å². The Morgan fingerprint density at radius 1 is 0.816 bits per heavy atom. The fourth-order valence-corrected chi connectivity index (χ4v) is 9.21. The standard InChI is InChI=1S/C30H25O7P/c1-34-27(32)24-18-36-28-26(24)30(29(33)35-2,25(31)19-37-28)20-38(21-12-6-3-7-13-21,22-14-8-4-9-15-22)23-16-10-5-11-17-23/h3-18,20H,19H2,1-2H3. The van der Waals surface area contributed by atoms with E-state index in [1.807, 2.05) is 91.0 Å². The maximum absolute atomic E-state index is 14.0. The molecule has 3 aromatic carbocycles. The molecule has 0 fully saturated rings. The number of hydrogen-bond acceptors (Lipinski definition) is 7. The molecule has 5 rings (SSSR count). The second-order valence-electron chi connectivity index (χ2n) is 8.67. The Morgan fingerprint density at radius 3 is 1.76 bits per heavy atom. The lowest BCUT2D eigenvalue weighted by molar-refractivity contribution is -0.150. The van der Waals surface area contributed by atoms with Gasteiger partial charge in [-0.1, -0.05) is 91.0 Å². The van der Waals surface area contributed by atoms with Crippen LogP contribution in [0.2, 0.25) is 0 Å². The predicted molar refractivity (Wildman–Crippen MR) is 145 cm³/mol. The third-order valence-electron chi connectivity index (χ3n) is 6.72. The monoisotopic (exact) mass is 528 g/mol. The van der Waals surface area contributed by atoms with Gasteiger partial charge in [-0.25, -0.2) is 4.79 Å². The van der Waals surface area contributed by atoms with E-state index in [4.69, 9.17) is 18.6 Å². The lowest BCUT2D eigenvalue weighted by atomic mass is 9.76. The van der Waals surface area contributed by atoms with Gasteiger partial charge in [0.05, 0.1) is 19.8 Å². The zero-order chi connectivity index (χ0) is 26.8. The molecule has 7 nitrogen and oxygen atoms in total. The molecule has 1 unspecified atom stereocenters. The van der Waals surface area contributed by atoms with Crippen molar-refractivity contribution in [3.05, 3.63) is 108 Å². The summed E-state index contributed by atoms with van der Waals surface area (Å²) in [5, 5.41) is 2.72. The number of ether oxygens (including phenoxy) is 3. The van der Waals surface area contributed by atoms with Crippen molar-refractivity contribution in [1.29, 1.82) is 0 Å². The first-order chi connectivity index (χ1) is 18.5. The Kier molecular flexibility index (Phi) is 6.79. The normalized spacial score (nSPS) is 16.6. The molecule has 0 aliphatic carbocycles. The van der Waals surface area contributed by atoms with E-state index in [1.54, 1.807) is 5.80 Å². The van der Waals surface area contributed by atoms with Crippen LogP contribution in [0.15, 0.2) is 102 Å². The first kappa shape index (κ1) is 25.3. The van der Waals surface area contributed by atoms with E-state index in [1.165, 1.54) is 14.2 Å². The Labute approximate surface area is 219 Å². The number of ketones is 1. The fourth-order valence-electron chi connectivity index (χ4n) is 4.98. The summed E-state index contributed by atoms with van der Waals surface area (Å²) in [5.41, 5.74) is -2.11. The highest BCUT2D eigenvalue weighted by Crippen LogP contribution is 2.50. The van der Waals surface area contributed by atoms with Crippen LogP contribution in [0.25, 0.3) is 0 Å². The van der Waals surface area contributed by atoms with E-state index in [0.717, 1.165) is 22.2 Å². The molecule has 2 heterocycles. The summed E-state index contributed by atoms with van der Waals surface area (Å²) >= 11 is 0. The summed E-state index contributed by atoms with van der Waals surface area (Å²) in [4.78, 5) is 40.7. The molecule has 38 heavy (non-hydrogen) atoms. The van der Waals surface area contributed by atoms with E-state index >= 15 is 0 Å². The lowest BCUT2D eigenvalue weighted by Crippen LogP contribution is -2.53. The molecule has 1 atom stereocenters. The number of fused-ring (bicyclic) bond motifs is 1. The van der Waals surface area contributed by atoms with Crippen LogP contribution in [0, 0.1) is 0 Å². The number of rotatable bonds is 6. The summed E-state index contributed by atoms with van der Waals surface area (Å²) in [6.07, 6.45) is 1.15. The molecule has 0 saturated carbocycles. The molecule has 1 aromatic heterocycles. The highest BCUT2D eigenvalue weighted by molar-refractivity contribution is 7.94. The van der Waals surface area contributed by atoms with Crippen LogP contribution >= 0.6 is 6.89 Å². The number of hydrogen-bond donors (Lipinski definition) is 0. The van der Waals surface area contributed by atoms with Gasteiger partial charge in [-0.2, -0.15) is 0 Å². The van der Waals surface area contributed by atoms with E-state index in [9.17, 15) is 14.4 Å².